The Balaban J connectivity index is 1.60. The lowest BCUT2D eigenvalue weighted by Crippen LogP contribution is -2.23. The third-order valence-corrected chi connectivity index (χ3v) is 6.85. The number of aromatic nitrogens is 1. The van der Waals surface area contributed by atoms with Crippen molar-refractivity contribution in [3.63, 3.8) is 0 Å². The van der Waals surface area contributed by atoms with Gasteiger partial charge in [-0.05, 0) is 74.2 Å². The van der Waals surface area contributed by atoms with Crippen LogP contribution in [0.5, 0.6) is 0 Å². The quantitative estimate of drug-likeness (QED) is 0.583. The smallest absolute Gasteiger partial charge is 0.261 e. The first-order valence-electron chi connectivity index (χ1n) is 10.5. The third-order valence-electron chi connectivity index (χ3n) is 5.47. The number of sulfonamides is 1. The Hall–Kier alpha value is -3.39. The first kappa shape index (κ1) is 21.8. The Morgan fingerprint density at radius 2 is 1.78 bits per heavy atom. The molecule has 0 spiro atoms. The van der Waals surface area contributed by atoms with Crippen molar-refractivity contribution in [2.75, 3.05) is 28.0 Å². The summed E-state index contributed by atoms with van der Waals surface area (Å²) >= 11 is 0. The van der Waals surface area contributed by atoms with E-state index in [1.54, 1.807) is 43.5 Å². The number of nitrogens with one attached hydrogen (secondary N) is 2. The summed E-state index contributed by atoms with van der Waals surface area (Å²) < 4.78 is 28.4. The van der Waals surface area contributed by atoms with Gasteiger partial charge in [-0.15, -0.1) is 0 Å². The molecule has 1 amide bonds. The summed E-state index contributed by atoms with van der Waals surface area (Å²) in [4.78, 5) is 19.7. The van der Waals surface area contributed by atoms with Crippen LogP contribution < -0.4 is 14.9 Å². The molecule has 2 heterocycles. The molecule has 2 N–H and O–H groups in total. The summed E-state index contributed by atoms with van der Waals surface area (Å²) in [5, 5.41) is 2.92. The topological polar surface area (TPSA) is 91.4 Å². The first-order chi connectivity index (χ1) is 15.3. The molecule has 1 aliphatic heterocycles. The molecule has 32 heavy (non-hydrogen) atoms. The fourth-order valence-electron chi connectivity index (χ4n) is 3.80. The van der Waals surface area contributed by atoms with Gasteiger partial charge < -0.3 is 10.2 Å². The standard InChI is InChI=1S/C24H26N4O3S/c1-17-7-5-8-19(15-17)27-32(30,31)20-11-10-18(2)21(16-20)24(29)26-22-9-6-12-25-23(22)28-13-3-4-14-28/h5-12,15-16,27H,3-4,13-14H2,1-2H3,(H,26,29). The lowest BCUT2D eigenvalue weighted by atomic mass is 10.1. The van der Waals surface area contributed by atoms with E-state index >= 15 is 0 Å². The van der Waals surface area contributed by atoms with E-state index < -0.39 is 10.0 Å². The van der Waals surface area contributed by atoms with Crippen molar-refractivity contribution in [3.05, 3.63) is 77.5 Å². The molecule has 8 heteroatoms. The molecule has 1 aromatic heterocycles. The van der Waals surface area contributed by atoms with Gasteiger partial charge in [-0.2, -0.15) is 0 Å². The Morgan fingerprint density at radius 1 is 1.00 bits per heavy atom. The number of pyridine rings is 1. The molecule has 0 saturated carbocycles. The van der Waals surface area contributed by atoms with Gasteiger partial charge in [0.2, 0.25) is 0 Å². The molecule has 1 saturated heterocycles. The zero-order chi connectivity index (χ0) is 22.7. The molecule has 166 valence electrons. The largest absolute Gasteiger partial charge is 0.355 e. The number of carbonyl (C=O) groups is 1. The van der Waals surface area contributed by atoms with Crippen LogP contribution in [0.2, 0.25) is 0 Å². The maximum Gasteiger partial charge on any atom is 0.261 e. The van der Waals surface area contributed by atoms with Crippen LogP contribution in [0.1, 0.15) is 34.3 Å². The highest BCUT2D eigenvalue weighted by Gasteiger charge is 2.21. The van der Waals surface area contributed by atoms with E-state index in [9.17, 15) is 13.2 Å². The lowest BCUT2D eigenvalue weighted by Gasteiger charge is -2.20. The molecule has 0 aliphatic carbocycles. The Kier molecular flexibility index (Phi) is 6.14. The fraction of sp³-hybridized carbons (Fsp3) is 0.250. The van der Waals surface area contributed by atoms with Crippen LogP contribution >= 0.6 is 0 Å². The normalized spacial score (nSPS) is 13.8. The predicted molar refractivity (Wildman–Crippen MR) is 127 cm³/mol. The van der Waals surface area contributed by atoms with Crippen LogP contribution in [0.3, 0.4) is 0 Å². The van der Waals surface area contributed by atoms with Gasteiger partial charge in [0.05, 0.1) is 10.6 Å². The molecule has 3 aromatic rings. The molecule has 4 rings (SSSR count). The first-order valence-corrected chi connectivity index (χ1v) is 12.0. The number of amides is 1. The van der Waals surface area contributed by atoms with Crippen LogP contribution in [-0.4, -0.2) is 32.4 Å². The second kappa shape index (κ2) is 9.00. The number of benzene rings is 2. The van der Waals surface area contributed by atoms with Crippen LogP contribution in [0.4, 0.5) is 17.2 Å². The number of rotatable bonds is 6. The molecular formula is C24H26N4O3S. The number of hydrogen-bond donors (Lipinski definition) is 2. The lowest BCUT2D eigenvalue weighted by molar-refractivity contribution is 0.102. The second-order valence-electron chi connectivity index (χ2n) is 7.97. The molecule has 0 unspecified atom stereocenters. The summed E-state index contributed by atoms with van der Waals surface area (Å²) in [6.07, 6.45) is 3.90. The average Bonchev–Trinajstić information content (AvgIpc) is 3.28. The molecule has 1 fully saturated rings. The number of carbonyl (C=O) groups excluding carboxylic acids is 1. The minimum atomic E-state index is -3.85. The van der Waals surface area contributed by atoms with Crippen LogP contribution in [0.15, 0.2) is 65.7 Å². The van der Waals surface area contributed by atoms with Crippen molar-refractivity contribution in [2.24, 2.45) is 0 Å². The maximum atomic E-state index is 13.1. The van der Waals surface area contributed by atoms with E-state index in [1.807, 2.05) is 19.1 Å². The van der Waals surface area contributed by atoms with E-state index in [0.29, 0.717) is 22.5 Å². The number of anilines is 3. The molecule has 0 radical (unpaired) electrons. The molecule has 7 nitrogen and oxygen atoms in total. The Bertz CT molecular complexity index is 1250. The van der Waals surface area contributed by atoms with Gasteiger partial charge in [-0.1, -0.05) is 18.2 Å². The number of nitrogens with zero attached hydrogens (tertiary/aromatic N) is 2. The molecule has 0 atom stereocenters. The van der Waals surface area contributed by atoms with E-state index in [2.05, 4.69) is 19.9 Å². The number of hydrogen-bond acceptors (Lipinski definition) is 5. The van der Waals surface area contributed by atoms with Crippen molar-refractivity contribution in [1.82, 2.24) is 4.98 Å². The van der Waals surface area contributed by atoms with E-state index in [-0.39, 0.29) is 10.8 Å². The van der Waals surface area contributed by atoms with Crippen molar-refractivity contribution in [3.8, 4) is 0 Å². The van der Waals surface area contributed by atoms with Crippen LogP contribution in [-0.2, 0) is 10.0 Å². The average molecular weight is 451 g/mol. The van der Waals surface area contributed by atoms with Crippen LogP contribution in [0, 0.1) is 13.8 Å². The highest BCUT2D eigenvalue weighted by atomic mass is 32.2. The summed E-state index contributed by atoms with van der Waals surface area (Å²) in [6, 6.07) is 15.3. The molecule has 1 aliphatic rings. The predicted octanol–water partition coefficient (Wildman–Crippen LogP) is 4.35. The third kappa shape index (κ3) is 4.75. The van der Waals surface area contributed by atoms with E-state index in [4.69, 9.17) is 0 Å². The van der Waals surface area contributed by atoms with E-state index in [0.717, 1.165) is 37.3 Å². The summed E-state index contributed by atoms with van der Waals surface area (Å²) in [5.41, 5.74) is 3.02. The maximum absolute atomic E-state index is 13.1. The highest BCUT2D eigenvalue weighted by Crippen LogP contribution is 2.27. The van der Waals surface area contributed by atoms with Crippen LogP contribution in [0.25, 0.3) is 0 Å². The zero-order valence-corrected chi connectivity index (χ0v) is 18.9. The Labute approximate surface area is 188 Å². The molecule has 0 bridgehead atoms. The number of aryl methyl sites for hydroxylation is 2. The van der Waals surface area contributed by atoms with Gasteiger partial charge in [0.25, 0.3) is 15.9 Å². The van der Waals surface area contributed by atoms with Gasteiger partial charge in [0.1, 0.15) is 0 Å². The second-order valence-corrected chi connectivity index (χ2v) is 9.66. The monoisotopic (exact) mass is 450 g/mol. The van der Waals surface area contributed by atoms with Crippen molar-refractivity contribution in [1.29, 1.82) is 0 Å². The minimum Gasteiger partial charge on any atom is -0.355 e. The van der Waals surface area contributed by atoms with Gasteiger partial charge in [0, 0.05) is 30.5 Å². The fourth-order valence-corrected chi connectivity index (χ4v) is 4.88. The van der Waals surface area contributed by atoms with Crippen molar-refractivity contribution >= 4 is 33.1 Å². The van der Waals surface area contributed by atoms with Gasteiger partial charge in [-0.3, -0.25) is 9.52 Å². The summed E-state index contributed by atoms with van der Waals surface area (Å²) in [5.74, 6) is 0.365. The minimum absolute atomic E-state index is 0.0284. The zero-order valence-electron chi connectivity index (χ0n) is 18.1. The van der Waals surface area contributed by atoms with Crippen molar-refractivity contribution in [2.45, 2.75) is 31.6 Å². The Morgan fingerprint density at radius 3 is 2.53 bits per heavy atom. The van der Waals surface area contributed by atoms with Gasteiger partial charge >= 0.3 is 0 Å². The SMILES string of the molecule is Cc1cccc(NS(=O)(=O)c2ccc(C)c(C(=O)Nc3cccnc3N3CCCC3)c2)c1. The molecule has 2 aromatic carbocycles. The molecular weight excluding hydrogens is 424 g/mol. The van der Waals surface area contributed by atoms with E-state index in [1.165, 1.54) is 12.1 Å². The summed E-state index contributed by atoms with van der Waals surface area (Å²) in [6.45, 7) is 5.47. The van der Waals surface area contributed by atoms with Gasteiger partial charge in [0.15, 0.2) is 5.82 Å². The van der Waals surface area contributed by atoms with Gasteiger partial charge in [-0.25, -0.2) is 13.4 Å². The summed E-state index contributed by atoms with van der Waals surface area (Å²) in [7, 11) is -3.85. The highest BCUT2D eigenvalue weighted by molar-refractivity contribution is 7.92. The van der Waals surface area contributed by atoms with Crippen molar-refractivity contribution < 1.29 is 13.2 Å².